The first-order valence-electron chi connectivity index (χ1n) is 5.07. The molecule has 1 rings (SSSR count). The third-order valence-corrected chi connectivity index (χ3v) is 3.12. The molecule has 86 valence electrons. The summed E-state index contributed by atoms with van der Waals surface area (Å²) in [5.74, 6) is 0. The van der Waals surface area contributed by atoms with E-state index in [1.807, 2.05) is 25.2 Å². The van der Waals surface area contributed by atoms with Gasteiger partial charge in [-0.05, 0) is 14.1 Å². The molecule has 0 fully saturated rings. The first kappa shape index (κ1) is 12.4. The van der Waals surface area contributed by atoms with Crippen molar-refractivity contribution in [1.82, 2.24) is 15.2 Å². The van der Waals surface area contributed by atoms with E-state index in [-0.39, 0.29) is 0 Å². The fraction of sp³-hybridized carbons (Fsp3) is 0.700. The molecule has 0 aliphatic carbocycles. The second kappa shape index (κ2) is 6.05. The van der Waals surface area contributed by atoms with Crippen molar-refractivity contribution in [3.8, 4) is 0 Å². The molecule has 0 saturated heterocycles. The Morgan fingerprint density at radius 2 is 2.07 bits per heavy atom. The van der Waals surface area contributed by atoms with Crippen molar-refractivity contribution >= 4 is 16.5 Å². The lowest BCUT2D eigenvalue weighted by atomic mass is 10.5. The quantitative estimate of drug-likeness (QED) is 0.732. The van der Waals surface area contributed by atoms with Gasteiger partial charge in [-0.3, -0.25) is 0 Å². The van der Waals surface area contributed by atoms with Crippen LogP contribution in [0.4, 0.5) is 5.13 Å². The van der Waals surface area contributed by atoms with E-state index >= 15 is 0 Å². The van der Waals surface area contributed by atoms with E-state index in [4.69, 9.17) is 0 Å². The number of hydrogen-bond donors (Lipinski definition) is 1. The molecule has 0 aliphatic heterocycles. The van der Waals surface area contributed by atoms with Crippen molar-refractivity contribution in [1.29, 1.82) is 0 Å². The van der Waals surface area contributed by atoms with Crippen LogP contribution in [0.3, 0.4) is 0 Å². The van der Waals surface area contributed by atoms with Gasteiger partial charge in [0, 0.05) is 44.8 Å². The molecule has 0 spiro atoms. The van der Waals surface area contributed by atoms with E-state index in [1.54, 1.807) is 11.3 Å². The summed E-state index contributed by atoms with van der Waals surface area (Å²) in [5.41, 5.74) is 0. The highest BCUT2D eigenvalue weighted by molar-refractivity contribution is 7.15. The SMILES string of the molecule is CN(C)CCNCc1cnc(N(C)C)s1. The zero-order valence-corrected chi connectivity index (χ0v) is 10.8. The lowest BCUT2D eigenvalue weighted by Crippen LogP contribution is -2.25. The van der Waals surface area contributed by atoms with Crippen molar-refractivity contribution in [2.24, 2.45) is 0 Å². The van der Waals surface area contributed by atoms with Gasteiger partial charge in [0.05, 0.1) is 0 Å². The van der Waals surface area contributed by atoms with Crippen LogP contribution in [-0.4, -0.2) is 51.2 Å². The molecule has 0 atom stereocenters. The van der Waals surface area contributed by atoms with Gasteiger partial charge >= 0.3 is 0 Å². The van der Waals surface area contributed by atoms with Crippen LogP contribution in [0, 0.1) is 0 Å². The Morgan fingerprint density at radius 1 is 1.33 bits per heavy atom. The van der Waals surface area contributed by atoms with Crippen LogP contribution in [0.15, 0.2) is 6.20 Å². The van der Waals surface area contributed by atoms with Crippen LogP contribution in [-0.2, 0) is 6.54 Å². The minimum atomic E-state index is 0.916. The first-order chi connectivity index (χ1) is 7.09. The fourth-order valence-electron chi connectivity index (χ4n) is 1.10. The van der Waals surface area contributed by atoms with E-state index in [0.29, 0.717) is 0 Å². The Balaban J connectivity index is 2.26. The zero-order valence-electron chi connectivity index (χ0n) is 9.95. The Bertz CT molecular complexity index is 283. The number of nitrogens with one attached hydrogen (secondary N) is 1. The predicted molar refractivity (Wildman–Crippen MR) is 66.7 cm³/mol. The molecule has 0 aromatic carbocycles. The summed E-state index contributed by atoms with van der Waals surface area (Å²) in [6.07, 6.45) is 1.95. The van der Waals surface area contributed by atoms with E-state index in [0.717, 1.165) is 24.8 Å². The number of thiazole rings is 1. The molecule has 1 N–H and O–H groups in total. The topological polar surface area (TPSA) is 31.4 Å². The molecule has 0 radical (unpaired) electrons. The van der Waals surface area contributed by atoms with E-state index in [9.17, 15) is 0 Å². The third kappa shape index (κ3) is 4.59. The van der Waals surface area contributed by atoms with Crippen molar-refractivity contribution in [2.45, 2.75) is 6.54 Å². The van der Waals surface area contributed by atoms with Gasteiger partial charge in [-0.2, -0.15) is 0 Å². The van der Waals surface area contributed by atoms with Gasteiger partial charge in [-0.25, -0.2) is 4.98 Å². The standard InChI is InChI=1S/C10H20N4S/c1-13(2)6-5-11-7-9-8-12-10(15-9)14(3)4/h8,11H,5-7H2,1-4H3. The summed E-state index contributed by atoms with van der Waals surface area (Å²) in [6, 6.07) is 0. The molecule has 0 bridgehead atoms. The molecule has 1 aromatic rings. The Hall–Kier alpha value is -0.650. The number of aromatic nitrogens is 1. The van der Waals surface area contributed by atoms with Gasteiger partial charge < -0.3 is 15.1 Å². The highest BCUT2D eigenvalue weighted by atomic mass is 32.1. The molecule has 0 unspecified atom stereocenters. The smallest absolute Gasteiger partial charge is 0.185 e. The molecule has 1 heterocycles. The Morgan fingerprint density at radius 3 is 2.60 bits per heavy atom. The number of nitrogens with zero attached hydrogens (tertiary/aromatic N) is 3. The van der Waals surface area contributed by atoms with Crippen LogP contribution in [0.2, 0.25) is 0 Å². The lowest BCUT2D eigenvalue weighted by molar-refractivity contribution is 0.400. The van der Waals surface area contributed by atoms with E-state index in [2.05, 4.69) is 29.3 Å². The monoisotopic (exact) mass is 228 g/mol. The zero-order chi connectivity index (χ0) is 11.3. The second-order valence-corrected chi connectivity index (χ2v) is 5.08. The average Bonchev–Trinajstić information content (AvgIpc) is 2.60. The number of hydrogen-bond acceptors (Lipinski definition) is 5. The summed E-state index contributed by atoms with van der Waals surface area (Å²) in [4.78, 5) is 9.82. The molecule has 0 saturated carbocycles. The molecule has 0 amide bonds. The maximum Gasteiger partial charge on any atom is 0.185 e. The highest BCUT2D eigenvalue weighted by Crippen LogP contribution is 2.19. The van der Waals surface area contributed by atoms with Gasteiger partial charge in [-0.1, -0.05) is 0 Å². The molecule has 4 nitrogen and oxygen atoms in total. The maximum absolute atomic E-state index is 4.32. The number of likely N-dealkylation sites (N-methyl/N-ethyl adjacent to an activating group) is 1. The second-order valence-electron chi connectivity index (χ2n) is 3.98. The van der Waals surface area contributed by atoms with E-state index < -0.39 is 0 Å². The maximum atomic E-state index is 4.32. The van der Waals surface area contributed by atoms with Crippen molar-refractivity contribution < 1.29 is 0 Å². The Labute approximate surface area is 95.9 Å². The van der Waals surface area contributed by atoms with Gasteiger partial charge in [0.25, 0.3) is 0 Å². The number of rotatable bonds is 6. The van der Waals surface area contributed by atoms with Crippen LogP contribution < -0.4 is 10.2 Å². The molecular formula is C10H20N4S. The highest BCUT2D eigenvalue weighted by Gasteiger charge is 2.02. The van der Waals surface area contributed by atoms with Gasteiger partial charge in [0.1, 0.15) is 0 Å². The van der Waals surface area contributed by atoms with Crippen LogP contribution in [0.25, 0.3) is 0 Å². The summed E-state index contributed by atoms with van der Waals surface area (Å²) < 4.78 is 0. The normalized spacial score (nSPS) is 11.0. The van der Waals surface area contributed by atoms with Crippen LogP contribution in [0.5, 0.6) is 0 Å². The Kier molecular flexibility index (Phi) is 5.01. The van der Waals surface area contributed by atoms with Crippen molar-refractivity contribution in [3.05, 3.63) is 11.1 Å². The largest absolute Gasteiger partial charge is 0.354 e. The summed E-state index contributed by atoms with van der Waals surface area (Å²) in [7, 11) is 8.20. The van der Waals surface area contributed by atoms with E-state index in [1.165, 1.54) is 4.88 Å². The lowest BCUT2D eigenvalue weighted by Gasteiger charge is -2.09. The molecule has 1 aromatic heterocycles. The third-order valence-electron chi connectivity index (χ3n) is 1.96. The van der Waals surface area contributed by atoms with Crippen molar-refractivity contribution in [3.63, 3.8) is 0 Å². The molecule has 15 heavy (non-hydrogen) atoms. The van der Waals surface area contributed by atoms with Crippen LogP contribution >= 0.6 is 11.3 Å². The van der Waals surface area contributed by atoms with Crippen LogP contribution in [0.1, 0.15) is 4.88 Å². The first-order valence-corrected chi connectivity index (χ1v) is 5.88. The van der Waals surface area contributed by atoms with Gasteiger partial charge in [-0.15, -0.1) is 11.3 Å². The van der Waals surface area contributed by atoms with Gasteiger partial charge in [0.15, 0.2) is 5.13 Å². The minimum Gasteiger partial charge on any atom is -0.354 e. The molecule has 0 aliphatic rings. The minimum absolute atomic E-state index is 0.916. The number of anilines is 1. The fourth-order valence-corrected chi connectivity index (χ4v) is 1.90. The summed E-state index contributed by atoms with van der Waals surface area (Å²) >= 11 is 1.74. The summed E-state index contributed by atoms with van der Waals surface area (Å²) in [6.45, 7) is 3.00. The summed E-state index contributed by atoms with van der Waals surface area (Å²) in [5, 5.41) is 4.46. The molecular weight excluding hydrogens is 208 g/mol. The average molecular weight is 228 g/mol. The van der Waals surface area contributed by atoms with Gasteiger partial charge in [0.2, 0.25) is 0 Å². The van der Waals surface area contributed by atoms with Crippen molar-refractivity contribution in [2.75, 3.05) is 46.2 Å². The molecule has 5 heteroatoms. The predicted octanol–water partition coefficient (Wildman–Crippen LogP) is 0.860.